The van der Waals surface area contributed by atoms with Crippen LogP contribution < -0.4 is 5.32 Å². The van der Waals surface area contributed by atoms with Crippen molar-refractivity contribution in [2.45, 2.75) is 26.4 Å². The van der Waals surface area contributed by atoms with Gasteiger partial charge in [0, 0.05) is 18.0 Å². The van der Waals surface area contributed by atoms with Gasteiger partial charge < -0.3 is 9.84 Å². The van der Waals surface area contributed by atoms with Gasteiger partial charge in [0.15, 0.2) is 5.65 Å². The number of ether oxygens (including phenoxy) is 1. The number of anilines is 1. The van der Waals surface area contributed by atoms with Gasteiger partial charge in [-0.15, -0.1) is 5.10 Å². The van der Waals surface area contributed by atoms with E-state index in [0.29, 0.717) is 11.3 Å². The third-order valence-corrected chi connectivity index (χ3v) is 2.17. The number of carbonyl (C=O) groups is 2. The largest absolute Gasteiger partial charge is 0.475 e. The van der Waals surface area contributed by atoms with E-state index in [1.807, 2.05) is 0 Å². The second-order valence-corrected chi connectivity index (χ2v) is 5.09. The highest BCUT2D eigenvalue weighted by Gasteiger charge is 2.17. The highest BCUT2D eigenvalue weighted by Crippen LogP contribution is 2.13. The van der Waals surface area contributed by atoms with Crippen LogP contribution in [0.1, 0.15) is 31.4 Å². The lowest BCUT2D eigenvalue weighted by atomic mass is 10.2. The molecule has 2 N–H and O–H groups in total. The summed E-state index contributed by atoms with van der Waals surface area (Å²) >= 11 is 0. The van der Waals surface area contributed by atoms with Gasteiger partial charge in [-0.3, -0.25) is 5.32 Å². The predicted octanol–water partition coefficient (Wildman–Crippen LogP) is 1.77. The van der Waals surface area contributed by atoms with Crippen LogP contribution in [0.2, 0.25) is 0 Å². The molecule has 2 aromatic heterocycles. The van der Waals surface area contributed by atoms with E-state index in [2.05, 4.69) is 15.4 Å². The lowest BCUT2D eigenvalue weighted by molar-refractivity contribution is 0.0633. The molecule has 2 rings (SSSR count). The molecule has 8 heteroatoms. The monoisotopic (exact) mass is 278 g/mol. The lowest BCUT2D eigenvalue weighted by Gasteiger charge is -2.19. The number of aromatic nitrogens is 3. The van der Waals surface area contributed by atoms with Crippen molar-refractivity contribution < 1.29 is 19.4 Å². The zero-order chi connectivity index (χ0) is 14.9. The fourth-order valence-electron chi connectivity index (χ4n) is 1.47. The van der Waals surface area contributed by atoms with Gasteiger partial charge >= 0.3 is 12.1 Å². The molecule has 0 radical (unpaired) electrons. The second kappa shape index (κ2) is 4.80. The molecule has 0 saturated carbocycles. The van der Waals surface area contributed by atoms with E-state index in [1.165, 1.54) is 16.8 Å². The van der Waals surface area contributed by atoms with Gasteiger partial charge in [0.1, 0.15) is 5.60 Å². The van der Waals surface area contributed by atoms with Crippen LogP contribution >= 0.6 is 0 Å². The Labute approximate surface area is 114 Å². The Kier molecular flexibility index (Phi) is 3.31. The average Bonchev–Trinajstić information content (AvgIpc) is 2.69. The number of fused-ring (bicyclic) bond motifs is 1. The Bertz CT molecular complexity index is 672. The Balaban J connectivity index is 2.19. The predicted molar refractivity (Wildman–Crippen MR) is 69.8 cm³/mol. The summed E-state index contributed by atoms with van der Waals surface area (Å²) in [5.41, 5.74) is 0.159. The third kappa shape index (κ3) is 3.22. The van der Waals surface area contributed by atoms with Crippen molar-refractivity contribution in [3.05, 3.63) is 24.2 Å². The molecule has 106 valence electrons. The number of carboxylic acid groups (broad SMARTS) is 1. The normalized spacial score (nSPS) is 11.3. The van der Waals surface area contributed by atoms with E-state index in [0.717, 1.165) is 0 Å². The molecule has 0 unspecified atom stereocenters. The minimum Gasteiger partial charge on any atom is -0.475 e. The van der Waals surface area contributed by atoms with Gasteiger partial charge in [0.2, 0.25) is 0 Å². The van der Waals surface area contributed by atoms with E-state index < -0.39 is 17.7 Å². The quantitative estimate of drug-likeness (QED) is 0.867. The highest BCUT2D eigenvalue weighted by atomic mass is 16.6. The van der Waals surface area contributed by atoms with Crippen LogP contribution in [0.4, 0.5) is 10.5 Å². The van der Waals surface area contributed by atoms with Crippen molar-refractivity contribution in [3.63, 3.8) is 0 Å². The molecule has 20 heavy (non-hydrogen) atoms. The number of rotatable bonds is 2. The molecule has 0 spiro atoms. The van der Waals surface area contributed by atoms with E-state index >= 15 is 0 Å². The van der Waals surface area contributed by atoms with Crippen molar-refractivity contribution in [2.75, 3.05) is 5.32 Å². The van der Waals surface area contributed by atoms with Crippen LogP contribution in [0.25, 0.3) is 5.65 Å². The third-order valence-electron chi connectivity index (χ3n) is 2.17. The average molecular weight is 278 g/mol. The summed E-state index contributed by atoms with van der Waals surface area (Å²) in [6.07, 6.45) is 0.904. The number of hydrogen-bond acceptors (Lipinski definition) is 5. The maximum absolute atomic E-state index is 11.6. The smallest absolute Gasteiger partial charge is 0.412 e. The van der Waals surface area contributed by atoms with Crippen molar-refractivity contribution in [1.29, 1.82) is 0 Å². The fourth-order valence-corrected chi connectivity index (χ4v) is 1.47. The summed E-state index contributed by atoms with van der Waals surface area (Å²) in [7, 11) is 0. The molecule has 2 heterocycles. The van der Waals surface area contributed by atoms with Gasteiger partial charge in [-0.05, 0) is 26.8 Å². The number of aromatic carboxylic acids is 1. The van der Waals surface area contributed by atoms with Crippen LogP contribution in [0.15, 0.2) is 18.3 Å². The zero-order valence-electron chi connectivity index (χ0n) is 11.2. The topological polar surface area (TPSA) is 106 Å². The number of hydrogen-bond donors (Lipinski definition) is 2. The number of nitrogens with zero attached hydrogens (tertiary/aromatic N) is 3. The standard InChI is InChI=1S/C12H14N4O4/c1-12(2,3)20-11(19)13-7-4-5-16-8(6-7)14-9(15-16)10(17)18/h4-6H,1-3H3,(H,13,19)(H,17,18). The molecule has 0 aromatic carbocycles. The molecule has 8 nitrogen and oxygen atoms in total. The molecule has 0 saturated heterocycles. The number of nitrogens with one attached hydrogen (secondary N) is 1. The van der Waals surface area contributed by atoms with E-state index in [9.17, 15) is 9.59 Å². The van der Waals surface area contributed by atoms with Gasteiger partial charge in [-0.25, -0.2) is 19.1 Å². The van der Waals surface area contributed by atoms with Gasteiger partial charge in [0.05, 0.1) is 0 Å². The lowest BCUT2D eigenvalue weighted by Crippen LogP contribution is -2.27. The van der Waals surface area contributed by atoms with E-state index in [4.69, 9.17) is 9.84 Å². The first-order valence-corrected chi connectivity index (χ1v) is 5.84. The van der Waals surface area contributed by atoms with Crippen molar-refractivity contribution >= 4 is 23.4 Å². The molecule has 0 fully saturated rings. The van der Waals surface area contributed by atoms with E-state index in [-0.39, 0.29) is 5.82 Å². The maximum Gasteiger partial charge on any atom is 0.412 e. The second-order valence-electron chi connectivity index (χ2n) is 5.09. The molecule has 0 bridgehead atoms. The maximum atomic E-state index is 11.6. The molecule has 0 aliphatic carbocycles. The SMILES string of the molecule is CC(C)(C)OC(=O)Nc1ccn2nc(C(=O)O)nc2c1. The first-order valence-electron chi connectivity index (χ1n) is 5.84. The number of pyridine rings is 1. The van der Waals surface area contributed by atoms with Crippen LogP contribution in [0.3, 0.4) is 0 Å². The summed E-state index contributed by atoms with van der Waals surface area (Å²) in [5, 5.41) is 15.1. The Morgan fingerprint density at radius 2 is 2.10 bits per heavy atom. The zero-order valence-corrected chi connectivity index (χ0v) is 11.2. The molecular formula is C12H14N4O4. The van der Waals surface area contributed by atoms with Crippen molar-refractivity contribution in [2.24, 2.45) is 0 Å². The van der Waals surface area contributed by atoms with E-state index in [1.54, 1.807) is 26.8 Å². The molecule has 2 aromatic rings. The minimum absolute atomic E-state index is 0.306. The summed E-state index contributed by atoms with van der Waals surface area (Å²) < 4.78 is 6.42. The summed E-state index contributed by atoms with van der Waals surface area (Å²) in [5.74, 6) is -1.52. The molecule has 0 aliphatic heterocycles. The Morgan fingerprint density at radius 3 is 2.70 bits per heavy atom. The molecule has 0 atom stereocenters. The highest BCUT2D eigenvalue weighted by molar-refractivity contribution is 5.86. The first kappa shape index (κ1) is 13.8. The summed E-state index contributed by atoms with van der Waals surface area (Å²) in [6.45, 7) is 5.27. The van der Waals surface area contributed by atoms with Crippen LogP contribution in [-0.2, 0) is 4.74 Å². The van der Waals surface area contributed by atoms with Crippen LogP contribution in [0.5, 0.6) is 0 Å². The summed E-state index contributed by atoms with van der Waals surface area (Å²) in [4.78, 5) is 26.2. The van der Waals surface area contributed by atoms with Crippen molar-refractivity contribution in [1.82, 2.24) is 14.6 Å². The molecule has 0 aliphatic rings. The van der Waals surface area contributed by atoms with Crippen LogP contribution in [-0.4, -0.2) is 37.4 Å². The number of carboxylic acids is 1. The van der Waals surface area contributed by atoms with Crippen molar-refractivity contribution in [3.8, 4) is 0 Å². The minimum atomic E-state index is -1.21. The Hall–Kier alpha value is -2.64. The molecule has 1 amide bonds. The Morgan fingerprint density at radius 1 is 1.40 bits per heavy atom. The number of amides is 1. The first-order chi connectivity index (χ1) is 9.24. The van der Waals surface area contributed by atoms with Gasteiger partial charge in [0.25, 0.3) is 5.82 Å². The van der Waals surface area contributed by atoms with Crippen LogP contribution in [0, 0.1) is 0 Å². The molecular weight excluding hydrogens is 264 g/mol. The summed E-state index contributed by atoms with van der Waals surface area (Å²) in [6, 6.07) is 3.07. The fraction of sp³-hybridized carbons (Fsp3) is 0.333. The van der Waals surface area contributed by atoms with Gasteiger partial charge in [-0.1, -0.05) is 0 Å². The van der Waals surface area contributed by atoms with Gasteiger partial charge in [-0.2, -0.15) is 0 Å². The number of carbonyl (C=O) groups excluding carboxylic acids is 1.